The van der Waals surface area contributed by atoms with E-state index >= 15 is 0 Å². The highest BCUT2D eigenvalue weighted by molar-refractivity contribution is 5.99. The van der Waals surface area contributed by atoms with Gasteiger partial charge in [-0.15, -0.1) is 0 Å². The van der Waals surface area contributed by atoms with Crippen LogP contribution in [-0.4, -0.2) is 17.0 Å². The maximum Gasteiger partial charge on any atom is 0.240 e. The van der Waals surface area contributed by atoms with Gasteiger partial charge in [0.1, 0.15) is 18.2 Å². The van der Waals surface area contributed by atoms with Crippen LogP contribution in [0.2, 0.25) is 0 Å². The monoisotopic (exact) mass is 469 g/mol. The molecule has 1 aromatic heterocycles. The minimum absolute atomic E-state index is 0.0611. The summed E-state index contributed by atoms with van der Waals surface area (Å²) < 4.78 is 29.2. The Morgan fingerprint density at radius 3 is 2.57 bits per heavy atom. The first-order valence-electron chi connectivity index (χ1n) is 11.5. The van der Waals surface area contributed by atoms with Crippen LogP contribution in [0, 0.1) is 11.6 Å². The molecule has 1 heterocycles. The molecule has 0 aliphatic heterocycles. The first kappa shape index (κ1) is 22.7. The molecule has 0 aliphatic rings. The summed E-state index contributed by atoms with van der Waals surface area (Å²) in [7, 11) is 0. The number of rotatable bonds is 7. The molecule has 6 heteroatoms. The fourth-order valence-corrected chi connectivity index (χ4v) is 4.58. The summed E-state index contributed by atoms with van der Waals surface area (Å²) in [6, 6.07) is 24.0. The van der Waals surface area contributed by atoms with Gasteiger partial charge in [0.2, 0.25) is 5.91 Å². The summed E-state index contributed by atoms with van der Waals surface area (Å²) in [5.41, 5.74) is 10.2. The Bertz CT molecular complexity index is 1540. The number of aromatic nitrogens is 1. The molecule has 1 amide bonds. The van der Waals surface area contributed by atoms with Crippen molar-refractivity contribution in [1.82, 2.24) is 9.88 Å². The third-order valence-electron chi connectivity index (χ3n) is 6.28. The van der Waals surface area contributed by atoms with E-state index in [-0.39, 0.29) is 24.6 Å². The van der Waals surface area contributed by atoms with Crippen LogP contribution in [0.15, 0.2) is 85.1 Å². The average Bonchev–Trinajstić information content (AvgIpc) is 3.20. The summed E-state index contributed by atoms with van der Waals surface area (Å²) in [6.07, 6.45) is 2.63. The van der Waals surface area contributed by atoms with Crippen molar-refractivity contribution in [3.8, 4) is 11.1 Å². The summed E-state index contributed by atoms with van der Waals surface area (Å²) >= 11 is 0. The maximum absolute atomic E-state index is 13.9. The van der Waals surface area contributed by atoms with E-state index in [0.29, 0.717) is 13.0 Å². The number of carbonyl (C=O) groups is 1. The average molecular weight is 470 g/mol. The van der Waals surface area contributed by atoms with Gasteiger partial charge in [0.25, 0.3) is 0 Å². The smallest absolute Gasteiger partial charge is 0.240 e. The lowest BCUT2D eigenvalue weighted by molar-refractivity contribution is -0.121. The zero-order valence-corrected chi connectivity index (χ0v) is 19.1. The number of fused-ring (bicyclic) bond motifs is 2. The van der Waals surface area contributed by atoms with Crippen LogP contribution < -0.4 is 11.1 Å². The van der Waals surface area contributed by atoms with Crippen LogP contribution in [0.4, 0.5) is 8.78 Å². The van der Waals surface area contributed by atoms with Crippen LogP contribution in [0.1, 0.15) is 11.1 Å². The number of nitrogens with one attached hydrogen (secondary N) is 1. The Hall–Kier alpha value is -4.03. The number of amides is 1. The topological polar surface area (TPSA) is 60.0 Å². The van der Waals surface area contributed by atoms with Crippen LogP contribution in [0.5, 0.6) is 0 Å². The molecule has 0 spiro atoms. The molecule has 5 rings (SSSR count). The highest BCUT2D eigenvalue weighted by Gasteiger charge is 2.14. The Labute approximate surface area is 202 Å². The molecule has 3 N–H and O–H groups in total. The fraction of sp³-hybridized carbons (Fsp3) is 0.138. The molecular weight excluding hydrogens is 444 g/mol. The van der Waals surface area contributed by atoms with Gasteiger partial charge in [-0.25, -0.2) is 8.78 Å². The van der Waals surface area contributed by atoms with Gasteiger partial charge in [-0.3, -0.25) is 4.79 Å². The van der Waals surface area contributed by atoms with Crippen molar-refractivity contribution < 1.29 is 13.6 Å². The molecular formula is C29H25F2N3O. The largest absolute Gasteiger partial charge is 0.350 e. The SMILES string of the molecule is NCCc1cn(CC(=O)NCc2cc(F)ccc2F)c2ccc(-c3cccc4ccccc34)cc12. The Morgan fingerprint density at radius 1 is 0.886 bits per heavy atom. The number of nitrogens with zero attached hydrogens (tertiary/aromatic N) is 1. The molecule has 0 bridgehead atoms. The summed E-state index contributed by atoms with van der Waals surface area (Å²) in [6.45, 7) is 0.469. The van der Waals surface area contributed by atoms with Gasteiger partial charge in [0.05, 0.1) is 0 Å². The van der Waals surface area contributed by atoms with Crippen LogP contribution in [-0.2, 0) is 24.3 Å². The Kier molecular flexibility index (Phi) is 6.29. The van der Waals surface area contributed by atoms with E-state index in [1.807, 2.05) is 29.0 Å². The molecule has 0 radical (unpaired) electrons. The van der Waals surface area contributed by atoms with E-state index < -0.39 is 11.6 Å². The summed E-state index contributed by atoms with van der Waals surface area (Å²) in [4.78, 5) is 12.7. The Morgan fingerprint density at radius 2 is 1.71 bits per heavy atom. The summed E-state index contributed by atoms with van der Waals surface area (Å²) in [5, 5.41) is 6.09. The second-order valence-electron chi connectivity index (χ2n) is 8.59. The van der Waals surface area contributed by atoms with Crippen molar-refractivity contribution in [3.63, 3.8) is 0 Å². The quantitative estimate of drug-likeness (QED) is 0.328. The normalized spacial score (nSPS) is 11.3. The molecule has 4 aromatic carbocycles. The minimum Gasteiger partial charge on any atom is -0.350 e. The third kappa shape index (κ3) is 4.66. The molecule has 176 valence electrons. The maximum atomic E-state index is 13.9. The van der Waals surface area contributed by atoms with Crippen molar-refractivity contribution in [2.24, 2.45) is 5.73 Å². The minimum atomic E-state index is -0.552. The van der Waals surface area contributed by atoms with Gasteiger partial charge in [0.15, 0.2) is 0 Å². The van der Waals surface area contributed by atoms with Crippen molar-refractivity contribution >= 4 is 27.6 Å². The lowest BCUT2D eigenvalue weighted by Crippen LogP contribution is -2.27. The first-order chi connectivity index (χ1) is 17.0. The molecule has 0 saturated carbocycles. The number of halogens is 2. The van der Waals surface area contributed by atoms with Gasteiger partial charge >= 0.3 is 0 Å². The molecule has 0 aliphatic carbocycles. The van der Waals surface area contributed by atoms with E-state index in [9.17, 15) is 13.6 Å². The zero-order chi connectivity index (χ0) is 24.4. The van der Waals surface area contributed by atoms with Gasteiger partial charge in [-0.1, -0.05) is 48.5 Å². The zero-order valence-electron chi connectivity index (χ0n) is 19.1. The fourth-order valence-electron chi connectivity index (χ4n) is 4.58. The van der Waals surface area contributed by atoms with Gasteiger partial charge in [0, 0.05) is 29.2 Å². The lowest BCUT2D eigenvalue weighted by Gasteiger charge is -2.10. The number of carbonyl (C=O) groups excluding carboxylic acids is 1. The van der Waals surface area contributed by atoms with Crippen LogP contribution in [0.3, 0.4) is 0 Å². The van der Waals surface area contributed by atoms with Crippen LogP contribution >= 0.6 is 0 Å². The molecule has 5 aromatic rings. The molecule has 0 atom stereocenters. The third-order valence-corrected chi connectivity index (χ3v) is 6.28. The van der Waals surface area contributed by atoms with E-state index in [2.05, 4.69) is 47.8 Å². The summed E-state index contributed by atoms with van der Waals surface area (Å²) in [5.74, 6) is -1.38. The molecule has 0 unspecified atom stereocenters. The second kappa shape index (κ2) is 9.68. The Balaban J connectivity index is 1.44. The lowest BCUT2D eigenvalue weighted by atomic mass is 9.96. The van der Waals surface area contributed by atoms with Gasteiger partial charge in [-0.05, 0) is 70.8 Å². The molecule has 0 saturated heterocycles. The number of hydrogen-bond donors (Lipinski definition) is 2. The standard InChI is InChI=1S/C29H25F2N3O/c30-23-9-10-27(31)22(14-23)16-33-29(35)18-34-17-21(12-13-32)26-15-20(8-11-28(26)34)25-7-3-5-19-4-1-2-6-24(19)25/h1-11,14-15,17H,12-13,16,18,32H2,(H,33,35). The van der Waals surface area contributed by atoms with Crippen molar-refractivity contribution in [2.75, 3.05) is 6.54 Å². The number of hydrogen-bond acceptors (Lipinski definition) is 2. The highest BCUT2D eigenvalue weighted by atomic mass is 19.1. The van der Waals surface area contributed by atoms with Crippen molar-refractivity contribution in [3.05, 3.63) is 108 Å². The first-order valence-corrected chi connectivity index (χ1v) is 11.5. The van der Waals surface area contributed by atoms with Crippen molar-refractivity contribution in [2.45, 2.75) is 19.5 Å². The number of nitrogens with two attached hydrogens (primary N) is 1. The predicted octanol–water partition coefficient (Wildman–Crippen LogP) is 5.56. The van der Waals surface area contributed by atoms with E-state index in [0.717, 1.165) is 45.8 Å². The van der Waals surface area contributed by atoms with E-state index in [1.165, 1.54) is 10.8 Å². The molecule has 4 nitrogen and oxygen atoms in total. The highest BCUT2D eigenvalue weighted by Crippen LogP contribution is 2.32. The second-order valence-corrected chi connectivity index (χ2v) is 8.59. The molecule has 35 heavy (non-hydrogen) atoms. The predicted molar refractivity (Wildman–Crippen MR) is 136 cm³/mol. The number of benzene rings is 4. The van der Waals surface area contributed by atoms with Crippen molar-refractivity contribution in [1.29, 1.82) is 0 Å². The van der Waals surface area contributed by atoms with E-state index in [4.69, 9.17) is 5.73 Å². The van der Waals surface area contributed by atoms with E-state index in [1.54, 1.807) is 0 Å². The van der Waals surface area contributed by atoms with Crippen LogP contribution in [0.25, 0.3) is 32.8 Å². The molecule has 0 fully saturated rings. The van der Waals surface area contributed by atoms with Gasteiger partial charge in [-0.2, -0.15) is 0 Å². The van der Waals surface area contributed by atoms with Gasteiger partial charge < -0.3 is 15.6 Å².